The van der Waals surface area contributed by atoms with Crippen molar-refractivity contribution < 1.29 is 28.6 Å². The normalized spacial score (nSPS) is 15.1. The minimum Gasteiger partial charge on any atom is -0.497 e. The third-order valence-corrected chi connectivity index (χ3v) is 4.43. The van der Waals surface area contributed by atoms with Crippen LogP contribution < -0.4 is 14.4 Å². The van der Waals surface area contributed by atoms with Gasteiger partial charge in [-0.2, -0.15) is 0 Å². The standard InChI is InChI=1S/C20H20FNO5/c1-20(2)19(25)22(10-13-4-6-14(26-3)9-15(13)21)16-8-12(17(24)11-23)5-7-18(16)27-20/h4-9,23H,10-11H2,1-3H3. The summed E-state index contributed by atoms with van der Waals surface area (Å²) in [7, 11) is 1.44. The fourth-order valence-corrected chi connectivity index (χ4v) is 2.94. The second kappa shape index (κ2) is 7.00. The number of Topliss-reactive ketones (excluding diaryl/α,β-unsaturated/α-hetero) is 1. The molecule has 0 unspecified atom stereocenters. The first-order valence-electron chi connectivity index (χ1n) is 8.38. The summed E-state index contributed by atoms with van der Waals surface area (Å²) in [5.74, 6) is -0.566. The van der Waals surface area contributed by atoms with E-state index < -0.39 is 23.8 Å². The molecular weight excluding hydrogens is 353 g/mol. The van der Waals surface area contributed by atoms with Crippen LogP contribution in [0.25, 0.3) is 0 Å². The predicted molar refractivity (Wildman–Crippen MR) is 96.7 cm³/mol. The molecule has 0 saturated carbocycles. The second-order valence-electron chi connectivity index (χ2n) is 6.72. The van der Waals surface area contributed by atoms with Crippen molar-refractivity contribution >= 4 is 17.4 Å². The smallest absolute Gasteiger partial charge is 0.271 e. The number of carbonyl (C=O) groups is 2. The third kappa shape index (κ3) is 3.50. The molecule has 0 spiro atoms. The van der Waals surface area contributed by atoms with Crippen molar-refractivity contribution in [1.82, 2.24) is 0 Å². The summed E-state index contributed by atoms with van der Waals surface area (Å²) in [6.07, 6.45) is 0. The molecule has 6 nitrogen and oxygen atoms in total. The Morgan fingerprint density at radius 3 is 2.63 bits per heavy atom. The monoisotopic (exact) mass is 373 g/mol. The Bertz CT molecular complexity index is 909. The molecule has 1 aliphatic rings. The van der Waals surface area contributed by atoms with Crippen LogP contribution in [0.3, 0.4) is 0 Å². The minimum absolute atomic E-state index is 0.0365. The van der Waals surface area contributed by atoms with Gasteiger partial charge in [0.2, 0.25) is 0 Å². The molecule has 0 fully saturated rings. The quantitative estimate of drug-likeness (QED) is 0.816. The Hall–Kier alpha value is -2.93. The van der Waals surface area contributed by atoms with Gasteiger partial charge in [-0.05, 0) is 38.1 Å². The summed E-state index contributed by atoms with van der Waals surface area (Å²) in [6, 6.07) is 8.98. The van der Waals surface area contributed by atoms with Crippen molar-refractivity contribution in [3.63, 3.8) is 0 Å². The highest BCUT2D eigenvalue weighted by Crippen LogP contribution is 2.39. The van der Waals surface area contributed by atoms with Crippen molar-refractivity contribution in [2.45, 2.75) is 26.0 Å². The van der Waals surface area contributed by atoms with E-state index in [2.05, 4.69) is 0 Å². The number of carbonyl (C=O) groups excluding carboxylic acids is 2. The van der Waals surface area contributed by atoms with Crippen molar-refractivity contribution in [3.05, 3.63) is 53.3 Å². The molecule has 7 heteroatoms. The summed E-state index contributed by atoms with van der Waals surface area (Å²) in [4.78, 5) is 26.1. The van der Waals surface area contributed by atoms with Gasteiger partial charge in [0.05, 0.1) is 19.3 Å². The van der Waals surface area contributed by atoms with Crippen molar-refractivity contribution in [1.29, 1.82) is 0 Å². The molecule has 0 aromatic heterocycles. The van der Waals surface area contributed by atoms with E-state index in [4.69, 9.17) is 14.6 Å². The molecule has 1 aliphatic heterocycles. The van der Waals surface area contributed by atoms with Gasteiger partial charge in [0.1, 0.15) is 23.9 Å². The lowest BCUT2D eigenvalue weighted by Gasteiger charge is -2.39. The fourth-order valence-electron chi connectivity index (χ4n) is 2.94. The van der Waals surface area contributed by atoms with Crippen molar-refractivity contribution in [3.8, 4) is 11.5 Å². The zero-order valence-electron chi connectivity index (χ0n) is 15.3. The van der Waals surface area contributed by atoms with E-state index >= 15 is 0 Å². The van der Waals surface area contributed by atoms with Crippen LogP contribution >= 0.6 is 0 Å². The van der Waals surface area contributed by atoms with E-state index in [1.807, 2.05) is 0 Å². The number of fused-ring (bicyclic) bond motifs is 1. The highest BCUT2D eigenvalue weighted by atomic mass is 19.1. The zero-order valence-corrected chi connectivity index (χ0v) is 15.3. The number of benzene rings is 2. The van der Waals surface area contributed by atoms with Gasteiger partial charge in [0, 0.05) is 17.2 Å². The van der Waals surface area contributed by atoms with Crippen LogP contribution in [0.2, 0.25) is 0 Å². The fraction of sp³-hybridized carbons (Fsp3) is 0.300. The molecule has 0 bridgehead atoms. The maximum Gasteiger partial charge on any atom is 0.271 e. The SMILES string of the molecule is COc1ccc(CN2C(=O)C(C)(C)Oc3ccc(C(=O)CO)cc32)c(F)c1. The Morgan fingerprint density at radius 2 is 2.00 bits per heavy atom. The van der Waals surface area contributed by atoms with E-state index in [9.17, 15) is 14.0 Å². The first kappa shape index (κ1) is 18.8. The first-order chi connectivity index (χ1) is 12.8. The molecule has 27 heavy (non-hydrogen) atoms. The van der Waals surface area contributed by atoms with Gasteiger partial charge in [0.25, 0.3) is 5.91 Å². The van der Waals surface area contributed by atoms with E-state index in [0.717, 1.165) is 0 Å². The van der Waals surface area contributed by atoms with Crippen molar-refractivity contribution in [2.24, 2.45) is 0 Å². The van der Waals surface area contributed by atoms with E-state index in [1.165, 1.54) is 30.2 Å². The summed E-state index contributed by atoms with van der Waals surface area (Å²) in [6.45, 7) is 2.57. The lowest BCUT2D eigenvalue weighted by molar-refractivity contribution is -0.132. The Balaban J connectivity index is 2.05. The number of aliphatic hydroxyl groups excluding tert-OH is 1. The molecule has 1 heterocycles. The highest BCUT2D eigenvalue weighted by molar-refractivity contribution is 6.04. The highest BCUT2D eigenvalue weighted by Gasteiger charge is 2.41. The molecule has 2 aromatic rings. The average molecular weight is 373 g/mol. The lowest BCUT2D eigenvalue weighted by atomic mass is 10.0. The number of aliphatic hydroxyl groups is 1. The van der Waals surface area contributed by atoms with Crippen LogP contribution in [0.15, 0.2) is 36.4 Å². The predicted octanol–water partition coefficient (Wildman–Crippen LogP) is 2.71. The number of halogens is 1. The second-order valence-corrected chi connectivity index (χ2v) is 6.72. The molecule has 0 radical (unpaired) electrons. The molecule has 0 atom stereocenters. The summed E-state index contributed by atoms with van der Waals surface area (Å²) in [5.41, 5.74) is -0.244. The van der Waals surface area contributed by atoms with E-state index in [0.29, 0.717) is 22.7 Å². The van der Waals surface area contributed by atoms with Gasteiger partial charge in [-0.15, -0.1) is 0 Å². The maximum atomic E-state index is 14.4. The Labute approximate surface area is 156 Å². The Kier molecular flexibility index (Phi) is 4.89. The van der Waals surface area contributed by atoms with Gasteiger partial charge in [-0.25, -0.2) is 4.39 Å². The minimum atomic E-state index is -1.14. The number of methoxy groups -OCH3 is 1. The number of ketones is 1. The van der Waals surface area contributed by atoms with Crippen LogP contribution in [0.4, 0.5) is 10.1 Å². The average Bonchev–Trinajstić information content (AvgIpc) is 2.65. The van der Waals surface area contributed by atoms with Crippen LogP contribution in [0.1, 0.15) is 29.8 Å². The number of hydrogen-bond donors (Lipinski definition) is 1. The molecule has 0 saturated heterocycles. The van der Waals surface area contributed by atoms with Gasteiger partial charge in [-0.3, -0.25) is 9.59 Å². The van der Waals surface area contributed by atoms with Crippen molar-refractivity contribution in [2.75, 3.05) is 18.6 Å². The molecule has 3 rings (SSSR count). The number of nitrogens with zero attached hydrogens (tertiary/aromatic N) is 1. The van der Waals surface area contributed by atoms with Crippen LogP contribution in [-0.4, -0.2) is 36.1 Å². The van der Waals surface area contributed by atoms with Gasteiger partial charge < -0.3 is 19.5 Å². The third-order valence-electron chi connectivity index (χ3n) is 4.43. The van der Waals surface area contributed by atoms with Crippen LogP contribution in [-0.2, 0) is 11.3 Å². The molecule has 142 valence electrons. The number of hydrogen-bond acceptors (Lipinski definition) is 5. The zero-order chi connectivity index (χ0) is 19.8. The number of rotatable bonds is 5. The molecule has 1 N–H and O–H groups in total. The summed E-state index contributed by atoms with van der Waals surface area (Å²) >= 11 is 0. The molecule has 1 amide bonds. The first-order valence-corrected chi connectivity index (χ1v) is 8.38. The molecule has 2 aromatic carbocycles. The number of anilines is 1. The summed E-state index contributed by atoms with van der Waals surface area (Å²) in [5, 5.41) is 9.09. The topological polar surface area (TPSA) is 76.1 Å². The number of ether oxygens (including phenoxy) is 2. The van der Waals surface area contributed by atoms with Gasteiger partial charge >= 0.3 is 0 Å². The van der Waals surface area contributed by atoms with E-state index in [1.54, 1.807) is 32.0 Å². The van der Waals surface area contributed by atoms with E-state index in [-0.39, 0.29) is 18.0 Å². The molecule has 0 aliphatic carbocycles. The maximum absolute atomic E-state index is 14.4. The largest absolute Gasteiger partial charge is 0.497 e. The summed E-state index contributed by atoms with van der Waals surface area (Å²) < 4.78 is 25.2. The number of amides is 1. The van der Waals surface area contributed by atoms with Crippen LogP contribution in [0.5, 0.6) is 11.5 Å². The van der Waals surface area contributed by atoms with Gasteiger partial charge in [0.15, 0.2) is 11.4 Å². The molecular formula is C20H20FNO5. The Morgan fingerprint density at radius 1 is 1.26 bits per heavy atom. The van der Waals surface area contributed by atoms with Gasteiger partial charge in [-0.1, -0.05) is 6.07 Å². The lowest BCUT2D eigenvalue weighted by Crippen LogP contribution is -2.52. The van der Waals surface area contributed by atoms with Crippen LogP contribution in [0, 0.1) is 5.82 Å².